The number of phenols is 2. The van der Waals surface area contributed by atoms with E-state index in [0.29, 0.717) is 24.7 Å². The van der Waals surface area contributed by atoms with Gasteiger partial charge in [-0.25, -0.2) is 9.59 Å². The lowest BCUT2D eigenvalue weighted by Crippen LogP contribution is -2.20. The molecule has 0 aromatic heterocycles. The molecular formula is C27H36O8. The first-order valence-electron chi connectivity index (χ1n) is 10.9. The van der Waals surface area contributed by atoms with Crippen molar-refractivity contribution in [2.75, 3.05) is 13.2 Å². The summed E-state index contributed by atoms with van der Waals surface area (Å²) in [4.78, 5) is 19.2. The Morgan fingerprint density at radius 1 is 0.800 bits per heavy atom. The van der Waals surface area contributed by atoms with E-state index in [0.717, 1.165) is 11.1 Å². The van der Waals surface area contributed by atoms with Gasteiger partial charge >= 0.3 is 11.9 Å². The van der Waals surface area contributed by atoms with Crippen LogP contribution in [-0.4, -0.2) is 45.6 Å². The highest BCUT2D eigenvalue weighted by atomic mass is 16.5. The highest BCUT2D eigenvalue weighted by molar-refractivity contribution is 5.85. The molecule has 0 heterocycles. The zero-order chi connectivity index (χ0) is 27.3. The van der Waals surface area contributed by atoms with E-state index in [-0.39, 0.29) is 28.1 Å². The third-order valence-electron chi connectivity index (χ3n) is 4.66. The van der Waals surface area contributed by atoms with E-state index in [1.165, 1.54) is 13.8 Å². The molecule has 0 spiro atoms. The number of aromatic hydroxyl groups is 2. The lowest BCUT2D eigenvalue weighted by molar-refractivity contribution is -0.133. The zero-order valence-electron chi connectivity index (χ0n) is 21.2. The van der Waals surface area contributed by atoms with Crippen molar-refractivity contribution in [3.05, 3.63) is 71.8 Å². The maximum atomic E-state index is 10.1. The fourth-order valence-electron chi connectivity index (χ4n) is 2.65. The number of hydrogen-bond acceptors (Lipinski definition) is 6. The largest absolute Gasteiger partial charge is 0.508 e. The average Bonchev–Trinajstić information content (AvgIpc) is 2.77. The number of benzene rings is 2. The standard InChI is InChI=1S/C19H24O4.2C4H6O2/c1-5-22-17-15(11-12-16(21)18(17)23-6-2)19(3,4)13-7-9-14(20)10-8-13;2*1-3(2)4(5)6/h7-12,20-21H,5-6H2,1-4H3;2*1H2,2H3,(H,5,6). The molecule has 8 nitrogen and oxygen atoms in total. The van der Waals surface area contributed by atoms with Crippen LogP contribution < -0.4 is 9.47 Å². The van der Waals surface area contributed by atoms with E-state index >= 15 is 0 Å². The van der Waals surface area contributed by atoms with Crippen LogP contribution in [-0.2, 0) is 15.0 Å². The van der Waals surface area contributed by atoms with Crippen LogP contribution in [0.25, 0.3) is 0 Å². The van der Waals surface area contributed by atoms with Gasteiger partial charge in [-0.2, -0.15) is 0 Å². The molecule has 4 N–H and O–H groups in total. The first-order chi connectivity index (χ1) is 16.2. The van der Waals surface area contributed by atoms with Gasteiger partial charge in [-0.15, -0.1) is 0 Å². The highest BCUT2D eigenvalue weighted by Gasteiger charge is 2.30. The van der Waals surface area contributed by atoms with Gasteiger partial charge in [0, 0.05) is 22.1 Å². The van der Waals surface area contributed by atoms with Crippen molar-refractivity contribution in [3.63, 3.8) is 0 Å². The van der Waals surface area contributed by atoms with Crippen LogP contribution in [0.5, 0.6) is 23.0 Å². The predicted molar refractivity (Wildman–Crippen MR) is 136 cm³/mol. The Morgan fingerprint density at radius 3 is 1.57 bits per heavy atom. The molecule has 0 unspecified atom stereocenters. The van der Waals surface area contributed by atoms with E-state index in [2.05, 4.69) is 27.0 Å². The van der Waals surface area contributed by atoms with E-state index in [9.17, 15) is 19.8 Å². The minimum Gasteiger partial charge on any atom is -0.508 e. The van der Waals surface area contributed by atoms with Crippen molar-refractivity contribution in [2.45, 2.75) is 47.0 Å². The molecule has 8 heteroatoms. The number of carbonyl (C=O) groups is 2. The topological polar surface area (TPSA) is 134 Å². The Balaban J connectivity index is 0.000000797. The average molecular weight is 489 g/mol. The molecule has 0 aliphatic carbocycles. The first-order valence-corrected chi connectivity index (χ1v) is 10.9. The number of aliphatic carboxylic acids is 2. The molecule has 0 atom stereocenters. The number of carboxylic acid groups (broad SMARTS) is 2. The minimum atomic E-state index is -0.935. The maximum absolute atomic E-state index is 10.1. The normalized spacial score (nSPS) is 10.0. The van der Waals surface area contributed by atoms with Crippen LogP contribution in [0.4, 0.5) is 0 Å². The molecule has 2 aromatic rings. The second kappa shape index (κ2) is 14.3. The van der Waals surface area contributed by atoms with Crippen molar-refractivity contribution in [2.24, 2.45) is 0 Å². The van der Waals surface area contributed by atoms with Gasteiger partial charge in [0.1, 0.15) is 5.75 Å². The molecule has 0 aliphatic rings. The van der Waals surface area contributed by atoms with Crippen molar-refractivity contribution < 1.29 is 39.5 Å². The lowest BCUT2D eigenvalue weighted by atomic mass is 9.77. The molecular weight excluding hydrogens is 452 g/mol. The summed E-state index contributed by atoms with van der Waals surface area (Å²) < 4.78 is 11.4. The fraction of sp³-hybridized carbons (Fsp3) is 0.333. The van der Waals surface area contributed by atoms with Gasteiger partial charge in [-0.05, 0) is 51.5 Å². The van der Waals surface area contributed by atoms with Crippen molar-refractivity contribution in [3.8, 4) is 23.0 Å². The van der Waals surface area contributed by atoms with Gasteiger partial charge in [-0.3, -0.25) is 0 Å². The van der Waals surface area contributed by atoms with E-state index in [1.807, 2.05) is 32.0 Å². The summed E-state index contributed by atoms with van der Waals surface area (Å²) in [6.45, 7) is 18.0. The summed E-state index contributed by atoms with van der Waals surface area (Å²) >= 11 is 0. The molecule has 0 fully saturated rings. The van der Waals surface area contributed by atoms with Gasteiger partial charge < -0.3 is 29.9 Å². The Bertz CT molecular complexity index is 972. The SMILES string of the molecule is C=C(C)C(=O)O.C=C(C)C(=O)O.CCOc1c(O)ccc(C(C)(C)c2ccc(O)cc2)c1OCC. The van der Waals surface area contributed by atoms with Crippen LogP contribution in [0.1, 0.15) is 52.7 Å². The number of ether oxygens (including phenoxy) is 2. The molecule has 2 aromatic carbocycles. The Labute approximate surface area is 206 Å². The Hall–Kier alpha value is -3.94. The van der Waals surface area contributed by atoms with Crippen LogP contribution in [0, 0.1) is 0 Å². The summed E-state index contributed by atoms with van der Waals surface area (Å²) in [5, 5.41) is 35.4. The van der Waals surface area contributed by atoms with Gasteiger partial charge in [-0.1, -0.05) is 45.2 Å². The summed E-state index contributed by atoms with van der Waals surface area (Å²) in [5.41, 5.74) is 1.93. The van der Waals surface area contributed by atoms with Crippen LogP contribution in [0.2, 0.25) is 0 Å². The van der Waals surface area contributed by atoms with E-state index in [4.69, 9.17) is 19.7 Å². The second-order valence-corrected chi connectivity index (χ2v) is 8.00. The summed E-state index contributed by atoms with van der Waals surface area (Å²) in [6, 6.07) is 10.6. The number of carboxylic acids is 2. The van der Waals surface area contributed by atoms with E-state index < -0.39 is 11.9 Å². The number of phenolic OH excluding ortho intramolecular Hbond substituents is 2. The maximum Gasteiger partial charge on any atom is 0.330 e. The molecule has 35 heavy (non-hydrogen) atoms. The summed E-state index contributed by atoms with van der Waals surface area (Å²) in [5.74, 6) is -0.632. The van der Waals surface area contributed by atoms with Crippen LogP contribution in [0.3, 0.4) is 0 Å². The van der Waals surface area contributed by atoms with Crippen molar-refractivity contribution in [1.82, 2.24) is 0 Å². The quantitative estimate of drug-likeness (QED) is 0.357. The fourth-order valence-corrected chi connectivity index (χ4v) is 2.65. The van der Waals surface area contributed by atoms with Crippen LogP contribution in [0.15, 0.2) is 60.7 Å². The van der Waals surface area contributed by atoms with Crippen LogP contribution >= 0.6 is 0 Å². The Kier molecular flexibility index (Phi) is 12.7. The summed E-state index contributed by atoms with van der Waals surface area (Å²) in [7, 11) is 0. The van der Waals surface area contributed by atoms with Gasteiger partial charge in [0.05, 0.1) is 13.2 Å². The van der Waals surface area contributed by atoms with Gasteiger partial charge in [0.25, 0.3) is 0 Å². The lowest BCUT2D eigenvalue weighted by Gasteiger charge is -2.29. The molecule has 0 aliphatic heterocycles. The first kappa shape index (κ1) is 31.1. The Morgan fingerprint density at radius 2 is 1.20 bits per heavy atom. The molecule has 0 bridgehead atoms. The monoisotopic (exact) mass is 488 g/mol. The molecule has 2 rings (SSSR count). The third-order valence-corrected chi connectivity index (χ3v) is 4.66. The second-order valence-electron chi connectivity index (χ2n) is 8.00. The number of hydrogen-bond donors (Lipinski definition) is 4. The molecule has 0 saturated heterocycles. The highest BCUT2D eigenvalue weighted by Crippen LogP contribution is 2.46. The van der Waals surface area contributed by atoms with Crippen molar-refractivity contribution in [1.29, 1.82) is 0 Å². The zero-order valence-corrected chi connectivity index (χ0v) is 21.2. The number of rotatable bonds is 8. The third kappa shape index (κ3) is 9.83. The molecule has 0 amide bonds. The predicted octanol–water partition coefficient (Wildman–Crippen LogP) is 5.52. The van der Waals surface area contributed by atoms with Gasteiger partial charge in [0.2, 0.25) is 5.75 Å². The van der Waals surface area contributed by atoms with Gasteiger partial charge in [0.15, 0.2) is 11.5 Å². The molecule has 192 valence electrons. The smallest absolute Gasteiger partial charge is 0.330 e. The molecule has 0 saturated carbocycles. The van der Waals surface area contributed by atoms with E-state index in [1.54, 1.807) is 18.2 Å². The minimum absolute atomic E-state index is 0.0700. The van der Waals surface area contributed by atoms with Crippen molar-refractivity contribution >= 4 is 11.9 Å². The summed E-state index contributed by atoms with van der Waals surface area (Å²) in [6.07, 6.45) is 0. The molecule has 0 radical (unpaired) electrons.